The third-order valence-electron chi connectivity index (χ3n) is 2.71. The topological polar surface area (TPSA) is 101 Å². The minimum Gasteiger partial charge on any atom is -0.353 e. The van der Waals surface area contributed by atoms with Crippen LogP contribution in [-0.4, -0.2) is 39.7 Å². The molecule has 0 radical (unpaired) electrons. The summed E-state index contributed by atoms with van der Waals surface area (Å²) in [7, 11) is -3.22. The number of hydrogen-bond acceptors (Lipinski definition) is 4. The Balaban J connectivity index is 2.22. The van der Waals surface area contributed by atoms with Crippen molar-refractivity contribution in [2.24, 2.45) is 5.73 Å². The molecule has 1 aromatic rings. The summed E-state index contributed by atoms with van der Waals surface area (Å²) in [5.74, 6) is -0.267. The van der Waals surface area contributed by atoms with Gasteiger partial charge in [-0.25, -0.2) is 13.1 Å². The quantitative estimate of drug-likeness (QED) is 0.569. The highest BCUT2D eigenvalue weighted by Gasteiger charge is 2.12. The monoisotopic (exact) mass is 299 g/mol. The molecule has 1 atom stereocenters. The lowest BCUT2D eigenvalue weighted by Crippen LogP contribution is -2.43. The number of sulfonamides is 1. The van der Waals surface area contributed by atoms with Crippen LogP contribution in [0.15, 0.2) is 30.3 Å². The first-order valence-electron chi connectivity index (χ1n) is 6.40. The third kappa shape index (κ3) is 7.22. The van der Waals surface area contributed by atoms with Crippen LogP contribution in [0.5, 0.6) is 0 Å². The van der Waals surface area contributed by atoms with E-state index in [9.17, 15) is 13.2 Å². The lowest BCUT2D eigenvalue weighted by Gasteiger charge is -2.12. The molecule has 0 heterocycles. The highest BCUT2D eigenvalue weighted by Crippen LogP contribution is 2.03. The van der Waals surface area contributed by atoms with E-state index < -0.39 is 16.1 Å². The average Bonchev–Trinajstić information content (AvgIpc) is 2.40. The van der Waals surface area contributed by atoms with Gasteiger partial charge in [0.05, 0.1) is 12.3 Å². The molecule has 1 aromatic carbocycles. The first-order valence-corrected chi connectivity index (χ1v) is 8.29. The molecule has 1 unspecified atom stereocenters. The van der Waals surface area contributed by atoms with E-state index in [0.29, 0.717) is 6.42 Å². The number of hydrogen-bond donors (Lipinski definition) is 3. The molecule has 0 aromatic heterocycles. The summed E-state index contributed by atoms with van der Waals surface area (Å²) in [6, 6.07) is 9.20. The van der Waals surface area contributed by atoms with Crippen molar-refractivity contribution < 1.29 is 13.2 Å². The van der Waals surface area contributed by atoms with Gasteiger partial charge in [0.25, 0.3) is 0 Å². The van der Waals surface area contributed by atoms with Gasteiger partial charge in [-0.05, 0) is 18.4 Å². The SMILES string of the molecule is CS(=O)(=O)NCCNC(=O)C(N)CCc1ccccc1. The van der Waals surface area contributed by atoms with E-state index in [1.807, 2.05) is 30.3 Å². The summed E-state index contributed by atoms with van der Waals surface area (Å²) in [5, 5.41) is 2.60. The normalized spacial score (nSPS) is 12.9. The fraction of sp³-hybridized carbons (Fsp3) is 0.462. The maximum atomic E-state index is 11.7. The molecule has 6 nitrogen and oxygen atoms in total. The van der Waals surface area contributed by atoms with Gasteiger partial charge in [0, 0.05) is 13.1 Å². The Hall–Kier alpha value is -1.44. The molecule has 0 aliphatic rings. The van der Waals surface area contributed by atoms with Gasteiger partial charge in [0.1, 0.15) is 0 Å². The van der Waals surface area contributed by atoms with Crippen LogP contribution < -0.4 is 15.8 Å². The predicted octanol–water partition coefficient (Wildman–Crippen LogP) is -0.388. The highest BCUT2D eigenvalue weighted by atomic mass is 32.2. The molecule has 0 saturated carbocycles. The van der Waals surface area contributed by atoms with E-state index in [0.717, 1.165) is 18.2 Å². The summed E-state index contributed by atoms with van der Waals surface area (Å²) in [6.45, 7) is 0.390. The van der Waals surface area contributed by atoms with Crippen molar-refractivity contribution in [3.8, 4) is 0 Å². The van der Waals surface area contributed by atoms with Gasteiger partial charge < -0.3 is 11.1 Å². The fourth-order valence-electron chi connectivity index (χ4n) is 1.65. The molecule has 7 heteroatoms. The first-order chi connectivity index (χ1) is 9.38. The number of amides is 1. The molecule has 0 aliphatic carbocycles. The summed E-state index contributed by atoms with van der Waals surface area (Å²) in [4.78, 5) is 11.7. The largest absolute Gasteiger partial charge is 0.353 e. The summed E-state index contributed by atoms with van der Waals surface area (Å²) in [5.41, 5.74) is 6.92. The molecule has 0 fully saturated rings. The van der Waals surface area contributed by atoms with Crippen molar-refractivity contribution >= 4 is 15.9 Å². The smallest absolute Gasteiger partial charge is 0.236 e. The molecule has 0 spiro atoms. The maximum absolute atomic E-state index is 11.7. The zero-order chi connectivity index (χ0) is 15.0. The van der Waals surface area contributed by atoms with E-state index in [1.54, 1.807) is 0 Å². The zero-order valence-electron chi connectivity index (χ0n) is 11.5. The van der Waals surface area contributed by atoms with E-state index in [-0.39, 0.29) is 19.0 Å². The van der Waals surface area contributed by atoms with Crippen LogP contribution in [0.3, 0.4) is 0 Å². The number of nitrogens with one attached hydrogen (secondary N) is 2. The van der Waals surface area contributed by atoms with Gasteiger partial charge in [0.2, 0.25) is 15.9 Å². The maximum Gasteiger partial charge on any atom is 0.236 e. The van der Waals surface area contributed by atoms with Gasteiger partial charge in [-0.1, -0.05) is 30.3 Å². The lowest BCUT2D eigenvalue weighted by molar-refractivity contribution is -0.122. The fourth-order valence-corrected chi connectivity index (χ4v) is 2.12. The van der Waals surface area contributed by atoms with Gasteiger partial charge in [-0.3, -0.25) is 4.79 Å². The van der Waals surface area contributed by atoms with Crippen LogP contribution in [0.25, 0.3) is 0 Å². The van der Waals surface area contributed by atoms with Crippen molar-refractivity contribution in [2.45, 2.75) is 18.9 Å². The highest BCUT2D eigenvalue weighted by molar-refractivity contribution is 7.88. The van der Waals surface area contributed by atoms with E-state index in [4.69, 9.17) is 5.73 Å². The van der Waals surface area contributed by atoms with Crippen LogP contribution in [0.1, 0.15) is 12.0 Å². The van der Waals surface area contributed by atoms with Crippen molar-refractivity contribution in [2.75, 3.05) is 19.3 Å². The molecule has 0 saturated heterocycles. The third-order valence-corrected chi connectivity index (χ3v) is 3.44. The number of carbonyl (C=O) groups excluding carboxylic acids is 1. The zero-order valence-corrected chi connectivity index (χ0v) is 12.3. The molecular formula is C13H21N3O3S. The molecule has 0 bridgehead atoms. The lowest BCUT2D eigenvalue weighted by atomic mass is 10.1. The molecule has 1 amide bonds. The van der Waals surface area contributed by atoms with Crippen LogP contribution in [-0.2, 0) is 21.2 Å². The van der Waals surface area contributed by atoms with Crippen LogP contribution in [0.4, 0.5) is 0 Å². The number of benzene rings is 1. The molecule has 1 rings (SSSR count). The van der Waals surface area contributed by atoms with Crippen LogP contribution >= 0.6 is 0 Å². The van der Waals surface area contributed by atoms with Crippen molar-refractivity contribution in [1.82, 2.24) is 10.0 Å². The summed E-state index contributed by atoms with van der Waals surface area (Å²) in [6.07, 6.45) is 2.35. The number of carbonyl (C=O) groups is 1. The molecular weight excluding hydrogens is 278 g/mol. The predicted molar refractivity (Wildman–Crippen MR) is 78.6 cm³/mol. The van der Waals surface area contributed by atoms with Crippen molar-refractivity contribution in [3.63, 3.8) is 0 Å². The molecule has 20 heavy (non-hydrogen) atoms. The van der Waals surface area contributed by atoms with Crippen molar-refractivity contribution in [3.05, 3.63) is 35.9 Å². The standard InChI is InChI=1S/C13H21N3O3S/c1-20(18,19)16-10-9-15-13(17)12(14)8-7-11-5-3-2-4-6-11/h2-6,12,16H,7-10,14H2,1H3,(H,15,17). The van der Waals surface area contributed by atoms with E-state index >= 15 is 0 Å². The van der Waals surface area contributed by atoms with E-state index in [2.05, 4.69) is 10.0 Å². The Bertz CT molecular complexity index is 517. The average molecular weight is 299 g/mol. The number of rotatable bonds is 8. The molecule has 0 aliphatic heterocycles. The van der Waals surface area contributed by atoms with E-state index in [1.165, 1.54) is 0 Å². The Morgan fingerprint density at radius 2 is 1.90 bits per heavy atom. The minimum absolute atomic E-state index is 0.163. The molecule has 4 N–H and O–H groups in total. The Kier molecular flexibility index (Phi) is 6.63. The van der Waals surface area contributed by atoms with Crippen molar-refractivity contribution in [1.29, 1.82) is 0 Å². The molecule has 112 valence electrons. The minimum atomic E-state index is -3.22. The number of nitrogens with two attached hydrogens (primary N) is 1. The second-order valence-corrected chi connectivity index (χ2v) is 6.42. The Labute approximate surface area is 119 Å². The Morgan fingerprint density at radius 3 is 2.50 bits per heavy atom. The second kappa shape index (κ2) is 7.98. The summed E-state index contributed by atoms with van der Waals surface area (Å²) >= 11 is 0. The Morgan fingerprint density at radius 1 is 1.25 bits per heavy atom. The van der Waals surface area contributed by atoms with Crippen LogP contribution in [0.2, 0.25) is 0 Å². The number of aryl methyl sites for hydroxylation is 1. The summed E-state index contributed by atoms with van der Waals surface area (Å²) < 4.78 is 23.9. The second-order valence-electron chi connectivity index (χ2n) is 4.59. The van der Waals surface area contributed by atoms with Gasteiger partial charge in [0.15, 0.2) is 0 Å². The van der Waals surface area contributed by atoms with Gasteiger partial charge in [-0.2, -0.15) is 0 Å². The first kappa shape index (κ1) is 16.6. The van der Waals surface area contributed by atoms with Crippen LogP contribution in [0, 0.1) is 0 Å². The van der Waals surface area contributed by atoms with Gasteiger partial charge >= 0.3 is 0 Å². The van der Waals surface area contributed by atoms with Gasteiger partial charge in [-0.15, -0.1) is 0 Å².